The number of hydrogen-bond acceptors (Lipinski definition) is 3. The molecule has 3 nitrogen and oxygen atoms in total. The summed E-state index contributed by atoms with van der Waals surface area (Å²) in [6, 6.07) is 7.90. The molecular formula is C12H17NO2. The lowest BCUT2D eigenvalue weighted by Crippen LogP contribution is -2.44. The predicted octanol–water partition coefficient (Wildman–Crippen LogP) is 1.66. The van der Waals surface area contributed by atoms with Crippen LogP contribution >= 0.6 is 0 Å². The van der Waals surface area contributed by atoms with Gasteiger partial charge in [-0.2, -0.15) is 0 Å². The van der Waals surface area contributed by atoms with Crippen molar-refractivity contribution >= 4 is 0 Å². The maximum Gasteiger partial charge on any atom is 0.115 e. The van der Waals surface area contributed by atoms with Crippen molar-refractivity contribution in [1.29, 1.82) is 0 Å². The molecule has 0 atom stereocenters. The van der Waals surface area contributed by atoms with Crippen LogP contribution in [0.15, 0.2) is 24.3 Å². The minimum atomic E-state index is 0.321. The van der Waals surface area contributed by atoms with Gasteiger partial charge in [-0.15, -0.1) is 0 Å². The number of benzene rings is 1. The van der Waals surface area contributed by atoms with E-state index in [0.717, 1.165) is 19.4 Å². The van der Waals surface area contributed by atoms with Gasteiger partial charge in [0.2, 0.25) is 0 Å². The Morgan fingerprint density at radius 2 is 2.00 bits per heavy atom. The van der Waals surface area contributed by atoms with E-state index in [1.807, 2.05) is 12.1 Å². The third-order valence-corrected chi connectivity index (χ3v) is 2.96. The molecule has 0 radical (unpaired) electrons. The third-order valence-electron chi connectivity index (χ3n) is 2.96. The summed E-state index contributed by atoms with van der Waals surface area (Å²) in [6.07, 6.45) is 2.66. The molecule has 2 rings (SSSR count). The average Bonchev–Trinajstić information content (AvgIpc) is 2.19. The first-order chi connectivity index (χ1) is 7.28. The number of methoxy groups -OCH3 is 1. The van der Waals surface area contributed by atoms with Crippen molar-refractivity contribution in [1.82, 2.24) is 5.32 Å². The topological polar surface area (TPSA) is 41.5 Å². The Labute approximate surface area is 90.1 Å². The lowest BCUT2D eigenvalue weighted by atomic mass is 9.89. The zero-order valence-corrected chi connectivity index (χ0v) is 8.94. The van der Waals surface area contributed by atoms with Crippen molar-refractivity contribution < 1.29 is 9.84 Å². The second kappa shape index (κ2) is 4.64. The molecular weight excluding hydrogens is 190 g/mol. The van der Waals surface area contributed by atoms with Crippen molar-refractivity contribution in [3.63, 3.8) is 0 Å². The van der Waals surface area contributed by atoms with Crippen LogP contribution in [-0.2, 0) is 11.3 Å². The van der Waals surface area contributed by atoms with E-state index in [2.05, 4.69) is 5.32 Å². The van der Waals surface area contributed by atoms with E-state index < -0.39 is 0 Å². The molecule has 0 aromatic heterocycles. The minimum Gasteiger partial charge on any atom is -0.508 e. The number of phenolic OH excluding ortho intramolecular Hbond substituents is 1. The Bertz CT molecular complexity index is 304. The van der Waals surface area contributed by atoms with Gasteiger partial charge < -0.3 is 15.2 Å². The summed E-state index contributed by atoms with van der Waals surface area (Å²) in [4.78, 5) is 0. The molecule has 0 saturated heterocycles. The van der Waals surface area contributed by atoms with Crippen LogP contribution in [0.1, 0.15) is 18.4 Å². The molecule has 0 heterocycles. The van der Waals surface area contributed by atoms with Gasteiger partial charge in [-0.1, -0.05) is 12.1 Å². The largest absolute Gasteiger partial charge is 0.508 e. The lowest BCUT2D eigenvalue weighted by molar-refractivity contribution is 0.0170. The molecule has 1 aromatic carbocycles. The maximum atomic E-state index is 9.12. The fourth-order valence-electron chi connectivity index (χ4n) is 1.80. The zero-order chi connectivity index (χ0) is 10.7. The molecule has 0 unspecified atom stereocenters. The molecule has 0 aliphatic heterocycles. The van der Waals surface area contributed by atoms with Crippen LogP contribution in [0.25, 0.3) is 0 Å². The van der Waals surface area contributed by atoms with Crippen molar-refractivity contribution in [2.75, 3.05) is 7.11 Å². The Kier molecular flexibility index (Phi) is 3.23. The third kappa shape index (κ3) is 2.70. The van der Waals surface area contributed by atoms with E-state index >= 15 is 0 Å². The van der Waals surface area contributed by atoms with Gasteiger partial charge in [-0.3, -0.25) is 0 Å². The second-order valence-electron chi connectivity index (χ2n) is 4.07. The molecule has 1 aliphatic rings. The SMILES string of the molecule is COC1CC(NCc2ccc(O)cc2)C1. The number of aromatic hydroxyl groups is 1. The van der Waals surface area contributed by atoms with Gasteiger partial charge in [0.25, 0.3) is 0 Å². The van der Waals surface area contributed by atoms with Gasteiger partial charge in [-0.25, -0.2) is 0 Å². The van der Waals surface area contributed by atoms with Gasteiger partial charge in [0, 0.05) is 19.7 Å². The molecule has 82 valence electrons. The second-order valence-corrected chi connectivity index (χ2v) is 4.07. The number of ether oxygens (including phenoxy) is 1. The quantitative estimate of drug-likeness (QED) is 0.789. The predicted molar refractivity (Wildman–Crippen MR) is 58.8 cm³/mol. The first-order valence-corrected chi connectivity index (χ1v) is 5.32. The summed E-state index contributed by atoms with van der Waals surface area (Å²) >= 11 is 0. The van der Waals surface area contributed by atoms with Crippen molar-refractivity contribution in [2.24, 2.45) is 0 Å². The molecule has 1 aromatic rings. The van der Waals surface area contributed by atoms with Crippen LogP contribution in [0.4, 0.5) is 0 Å². The molecule has 3 heteroatoms. The van der Waals surface area contributed by atoms with Gasteiger partial charge in [0.15, 0.2) is 0 Å². The van der Waals surface area contributed by atoms with E-state index in [-0.39, 0.29) is 0 Å². The van der Waals surface area contributed by atoms with Gasteiger partial charge in [0.05, 0.1) is 6.10 Å². The molecule has 1 fully saturated rings. The van der Waals surface area contributed by atoms with Crippen LogP contribution in [0.2, 0.25) is 0 Å². The Hall–Kier alpha value is -1.06. The molecule has 2 N–H and O–H groups in total. The smallest absolute Gasteiger partial charge is 0.115 e. The summed E-state index contributed by atoms with van der Waals surface area (Å²) in [5.41, 5.74) is 1.20. The van der Waals surface area contributed by atoms with E-state index in [1.165, 1.54) is 5.56 Å². The number of rotatable bonds is 4. The van der Waals surface area contributed by atoms with Gasteiger partial charge >= 0.3 is 0 Å². The highest BCUT2D eigenvalue weighted by Crippen LogP contribution is 2.22. The fraction of sp³-hybridized carbons (Fsp3) is 0.500. The van der Waals surface area contributed by atoms with E-state index in [9.17, 15) is 0 Å². The van der Waals surface area contributed by atoms with E-state index in [4.69, 9.17) is 9.84 Å². The molecule has 1 aliphatic carbocycles. The lowest BCUT2D eigenvalue weighted by Gasteiger charge is -2.34. The Balaban J connectivity index is 1.72. The summed E-state index contributed by atoms with van der Waals surface area (Å²) in [7, 11) is 1.76. The van der Waals surface area contributed by atoms with Crippen LogP contribution in [0, 0.1) is 0 Å². The molecule has 0 amide bonds. The first-order valence-electron chi connectivity index (χ1n) is 5.32. The van der Waals surface area contributed by atoms with Gasteiger partial charge in [0.1, 0.15) is 5.75 Å². The molecule has 0 bridgehead atoms. The summed E-state index contributed by atoms with van der Waals surface area (Å²) in [5.74, 6) is 0.321. The minimum absolute atomic E-state index is 0.321. The maximum absolute atomic E-state index is 9.12. The average molecular weight is 207 g/mol. The van der Waals surface area contributed by atoms with Crippen molar-refractivity contribution in [2.45, 2.75) is 31.5 Å². The van der Waals surface area contributed by atoms with Gasteiger partial charge in [-0.05, 0) is 30.5 Å². The van der Waals surface area contributed by atoms with E-state index in [0.29, 0.717) is 17.9 Å². The first kappa shape index (κ1) is 10.5. The number of nitrogens with one attached hydrogen (secondary N) is 1. The van der Waals surface area contributed by atoms with Crippen LogP contribution in [0.3, 0.4) is 0 Å². The highest BCUT2D eigenvalue weighted by Gasteiger charge is 2.28. The standard InChI is InChI=1S/C12H17NO2/c1-15-12-6-10(7-12)13-8-9-2-4-11(14)5-3-9/h2-5,10,12-14H,6-8H2,1H3. The number of phenols is 1. The molecule has 0 spiro atoms. The van der Waals surface area contributed by atoms with Crippen LogP contribution in [0.5, 0.6) is 5.75 Å². The normalized spacial score (nSPS) is 24.9. The summed E-state index contributed by atoms with van der Waals surface area (Å²) in [6.45, 7) is 0.862. The highest BCUT2D eigenvalue weighted by molar-refractivity contribution is 5.25. The van der Waals surface area contributed by atoms with Crippen LogP contribution < -0.4 is 5.32 Å². The Morgan fingerprint density at radius 1 is 1.33 bits per heavy atom. The summed E-state index contributed by atoms with van der Waals surface area (Å²) in [5, 5.41) is 12.6. The number of hydrogen-bond donors (Lipinski definition) is 2. The fourth-order valence-corrected chi connectivity index (χ4v) is 1.80. The van der Waals surface area contributed by atoms with Crippen LogP contribution in [-0.4, -0.2) is 24.4 Å². The monoisotopic (exact) mass is 207 g/mol. The zero-order valence-electron chi connectivity index (χ0n) is 8.94. The molecule has 15 heavy (non-hydrogen) atoms. The van der Waals surface area contributed by atoms with E-state index in [1.54, 1.807) is 19.2 Å². The Morgan fingerprint density at radius 3 is 2.60 bits per heavy atom. The highest BCUT2D eigenvalue weighted by atomic mass is 16.5. The van der Waals surface area contributed by atoms with Crippen molar-refractivity contribution in [3.05, 3.63) is 29.8 Å². The summed E-state index contributed by atoms with van der Waals surface area (Å²) < 4.78 is 5.21. The molecule has 1 saturated carbocycles. The van der Waals surface area contributed by atoms with Crippen molar-refractivity contribution in [3.8, 4) is 5.75 Å².